The molecule has 0 atom stereocenters. The summed E-state index contributed by atoms with van der Waals surface area (Å²) in [4.78, 5) is 13.4. The lowest BCUT2D eigenvalue weighted by atomic mass is 10.0. The van der Waals surface area contributed by atoms with E-state index in [1.165, 1.54) is 11.8 Å². The van der Waals surface area contributed by atoms with E-state index in [4.69, 9.17) is 0 Å². The number of benzene rings is 2. The van der Waals surface area contributed by atoms with E-state index in [1.807, 2.05) is 24.5 Å². The lowest BCUT2D eigenvalue weighted by Gasteiger charge is -2.08. The summed E-state index contributed by atoms with van der Waals surface area (Å²) in [6.45, 7) is 0. The van der Waals surface area contributed by atoms with E-state index in [0.717, 1.165) is 11.2 Å². The molecule has 2 aromatic rings. The van der Waals surface area contributed by atoms with E-state index in [2.05, 4.69) is 4.72 Å². The van der Waals surface area contributed by atoms with Gasteiger partial charge in [-0.2, -0.15) is 0 Å². The summed E-state index contributed by atoms with van der Waals surface area (Å²) in [5.74, 6) is -0.0779. The van der Waals surface area contributed by atoms with Gasteiger partial charge in [-0.15, -0.1) is 11.8 Å². The number of ketones is 1. The molecule has 0 saturated carbocycles. The van der Waals surface area contributed by atoms with Gasteiger partial charge in [-0.25, -0.2) is 8.42 Å². The standard InChI is InChI=1S/C15H15NO3S2/c1-20-14-6-4-3-5-13(14)15(17)11-7-9-12(10-8-11)16-21(2,18)19/h3-10,16H,1-2H3. The molecule has 0 bridgehead atoms. The van der Waals surface area contributed by atoms with Crippen molar-refractivity contribution in [1.29, 1.82) is 0 Å². The van der Waals surface area contributed by atoms with Crippen LogP contribution < -0.4 is 4.72 Å². The molecule has 0 aromatic heterocycles. The fraction of sp³-hybridized carbons (Fsp3) is 0.133. The summed E-state index contributed by atoms with van der Waals surface area (Å²) >= 11 is 1.52. The summed E-state index contributed by atoms with van der Waals surface area (Å²) in [7, 11) is -3.31. The Kier molecular flexibility index (Phi) is 4.69. The second kappa shape index (κ2) is 6.32. The van der Waals surface area contributed by atoms with Crippen LogP contribution in [0.4, 0.5) is 5.69 Å². The zero-order valence-electron chi connectivity index (χ0n) is 11.7. The highest BCUT2D eigenvalue weighted by molar-refractivity contribution is 7.98. The molecule has 21 heavy (non-hydrogen) atoms. The van der Waals surface area contributed by atoms with E-state index in [-0.39, 0.29) is 5.78 Å². The maximum atomic E-state index is 12.5. The Labute approximate surface area is 128 Å². The summed E-state index contributed by atoms with van der Waals surface area (Å²) in [6, 6.07) is 13.8. The third-order valence-electron chi connectivity index (χ3n) is 2.80. The molecule has 0 heterocycles. The number of carbonyl (C=O) groups is 1. The molecule has 2 aromatic carbocycles. The first-order valence-corrected chi connectivity index (χ1v) is 9.28. The molecule has 0 radical (unpaired) electrons. The highest BCUT2D eigenvalue weighted by atomic mass is 32.2. The molecule has 0 fully saturated rings. The zero-order chi connectivity index (χ0) is 15.5. The highest BCUT2D eigenvalue weighted by Crippen LogP contribution is 2.23. The van der Waals surface area contributed by atoms with Gasteiger partial charge >= 0.3 is 0 Å². The van der Waals surface area contributed by atoms with Gasteiger partial charge in [0.15, 0.2) is 5.78 Å². The molecular formula is C15H15NO3S2. The van der Waals surface area contributed by atoms with Gasteiger partial charge in [0.25, 0.3) is 0 Å². The van der Waals surface area contributed by atoms with Gasteiger partial charge in [0, 0.05) is 21.7 Å². The van der Waals surface area contributed by atoms with Crippen molar-refractivity contribution in [2.75, 3.05) is 17.2 Å². The first-order valence-electron chi connectivity index (χ1n) is 6.16. The van der Waals surface area contributed by atoms with E-state index >= 15 is 0 Å². The van der Waals surface area contributed by atoms with Gasteiger partial charge in [-0.3, -0.25) is 9.52 Å². The van der Waals surface area contributed by atoms with Gasteiger partial charge < -0.3 is 0 Å². The number of sulfonamides is 1. The van der Waals surface area contributed by atoms with Crippen molar-refractivity contribution in [2.24, 2.45) is 0 Å². The van der Waals surface area contributed by atoms with Gasteiger partial charge in [0.05, 0.1) is 6.26 Å². The highest BCUT2D eigenvalue weighted by Gasteiger charge is 2.13. The Morgan fingerprint density at radius 3 is 2.24 bits per heavy atom. The quantitative estimate of drug-likeness (QED) is 0.679. The lowest BCUT2D eigenvalue weighted by molar-refractivity contribution is 0.103. The Morgan fingerprint density at radius 1 is 1.05 bits per heavy atom. The third kappa shape index (κ3) is 4.09. The Morgan fingerprint density at radius 2 is 1.67 bits per heavy atom. The van der Waals surface area contributed by atoms with Gasteiger partial charge in [0.2, 0.25) is 10.0 Å². The molecule has 2 rings (SSSR count). The summed E-state index contributed by atoms with van der Waals surface area (Å²) < 4.78 is 24.7. The van der Waals surface area contributed by atoms with Crippen molar-refractivity contribution >= 4 is 33.3 Å². The topological polar surface area (TPSA) is 63.2 Å². The number of nitrogens with one attached hydrogen (secondary N) is 1. The molecule has 6 heteroatoms. The number of thioether (sulfide) groups is 1. The summed E-state index contributed by atoms with van der Waals surface area (Å²) in [5.41, 5.74) is 1.61. The zero-order valence-corrected chi connectivity index (χ0v) is 13.3. The van der Waals surface area contributed by atoms with E-state index < -0.39 is 10.0 Å². The van der Waals surface area contributed by atoms with Crippen molar-refractivity contribution in [3.63, 3.8) is 0 Å². The summed E-state index contributed by atoms with van der Waals surface area (Å²) in [6.07, 6.45) is 3.01. The lowest BCUT2D eigenvalue weighted by Crippen LogP contribution is -2.10. The number of hydrogen-bond donors (Lipinski definition) is 1. The number of carbonyl (C=O) groups excluding carboxylic acids is 1. The molecule has 4 nitrogen and oxygen atoms in total. The van der Waals surface area contributed by atoms with Crippen molar-refractivity contribution in [3.05, 3.63) is 59.7 Å². The average Bonchev–Trinajstić information content (AvgIpc) is 2.45. The molecule has 0 amide bonds. The second-order valence-electron chi connectivity index (χ2n) is 4.48. The maximum Gasteiger partial charge on any atom is 0.229 e. The van der Waals surface area contributed by atoms with Crippen LogP contribution in [0.15, 0.2) is 53.4 Å². The predicted molar refractivity (Wildman–Crippen MR) is 86.6 cm³/mol. The number of hydrogen-bond acceptors (Lipinski definition) is 4. The largest absolute Gasteiger partial charge is 0.289 e. The van der Waals surface area contributed by atoms with E-state index in [1.54, 1.807) is 30.3 Å². The SMILES string of the molecule is CSc1ccccc1C(=O)c1ccc(NS(C)(=O)=O)cc1. The van der Waals surface area contributed by atoms with Crippen LogP contribution in [0.3, 0.4) is 0 Å². The normalized spacial score (nSPS) is 11.1. The minimum atomic E-state index is -3.31. The van der Waals surface area contributed by atoms with Crippen LogP contribution in [0.25, 0.3) is 0 Å². The van der Waals surface area contributed by atoms with Gasteiger partial charge in [0.1, 0.15) is 0 Å². The van der Waals surface area contributed by atoms with Crippen molar-refractivity contribution < 1.29 is 13.2 Å². The van der Waals surface area contributed by atoms with Crippen LogP contribution in [0, 0.1) is 0 Å². The first kappa shape index (κ1) is 15.6. The Bertz CT molecular complexity index is 753. The molecule has 110 valence electrons. The molecule has 0 aliphatic rings. The fourth-order valence-corrected chi connectivity index (χ4v) is 3.05. The molecule has 1 N–H and O–H groups in total. The predicted octanol–water partition coefficient (Wildman–Crippen LogP) is 3.01. The van der Waals surface area contributed by atoms with Crippen molar-refractivity contribution in [2.45, 2.75) is 4.90 Å². The maximum absolute atomic E-state index is 12.5. The van der Waals surface area contributed by atoms with E-state index in [9.17, 15) is 13.2 Å². The smallest absolute Gasteiger partial charge is 0.229 e. The van der Waals surface area contributed by atoms with Crippen LogP contribution in [-0.2, 0) is 10.0 Å². The van der Waals surface area contributed by atoms with Crippen LogP contribution in [0.2, 0.25) is 0 Å². The summed E-state index contributed by atoms with van der Waals surface area (Å²) in [5, 5.41) is 0. The first-order chi connectivity index (χ1) is 9.90. The minimum absolute atomic E-state index is 0.0779. The van der Waals surface area contributed by atoms with Crippen LogP contribution in [0.5, 0.6) is 0 Å². The molecule has 0 spiro atoms. The Balaban J connectivity index is 2.28. The van der Waals surface area contributed by atoms with Gasteiger partial charge in [-0.1, -0.05) is 12.1 Å². The number of anilines is 1. The Hall–Kier alpha value is -1.79. The number of rotatable bonds is 5. The molecular weight excluding hydrogens is 306 g/mol. The van der Waals surface area contributed by atoms with Crippen LogP contribution >= 0.6 is 11.8 Å². The van der Waals surface area contributed by atoms with Crippen molar-refractivity contribution in [3.8, 4) is 0 Å². The third-order valence-corrected chi connectivity index (χ3v) is 4.20. The molecule has 0 aliphatic carbocycles. The van der Waals surface area contributed by atoms with E-state index in [0.29, 0.717) is 16.8 Å². The fourth-order valence-electron chi connectivity index (χ4n) is 1.89. The van der Waals surface area contributed by atoms with Crippen molar-refractivity contribution in [1.82, 2.24) is 0 Å². The second-order valence-corrected chi connectivity index (χ2v) is 7.08. The average molecular weight is 321 g/mol. The molecule has 0 saturated heterocycles. The van der Waals surface area contributed by atoms with Crippen LogP contribution in [0.1, 0.15) is 15.9 Å². The molecule has 0 unspecified atom stereocenters. The van der Waals surface area contributed by atoms with Gasteiger partial charge in [-0.05, 0) is 42.7 Å². The van der Waals surface area contributed by atoms with Crippen LogP contribution in [-0.4, -0.2) is 26.7 Å². The minimum Gasteiger partial charge on any atom is -0.289 e. The monoisotopic (exact) mass is 321 g/mol. The molecule has 0 aliphatic heterocycles.